The van der Waals surface area contributed by atoms with Crippen LogP contribution in [0.2, 0.25) is 0 Å². The van der Waals surface area contributed by atoms with Gasteiger partial charge in [0.25, 0.3) is 0 Å². The summed E-state index contributed by atoms with van der Waals surface area (Å²) in [6.07, 6.45) is 8.18. The maximum atomic E-state index is 13.6. The molecular weight excluding hydrogens is 512 g/mol. The van der Waals surface area contributed by atoms with Gasteiger partial charge in [0.15, 0.2) is 11.9 Å². The largest absolute Gasteiger partial charge is 0.461 e. The van der Waals surface area contributed by atoms with E-state index in [2.05, 4.69) is 20.8 Å². The van der Waals surface area contributed by atoms with Crippen LogP contribution in [-0.4, -0.2) is 54.2 Å². The van der Waals surface area contributed by atoms with Gasteiger partial charge in [0, 0.05) is 20.3 Å². The normalized spacial score (nSPS) is 45.9. The van der Waals surface area contributed by atoms with Crippen LogP contribution < -0.4 is 0 Å². The van der Waals surface area contributed by atoms with E-state index in [0.29, 0.717) is 29.7 Å². The van der Waals surface area contributed by atoms with Crippen LogP contribution in [0.5, 0.6) is 0 Å². The Hall–Kier alpha value is -2.48. The van der Waals surface area contributed by atoms with E-state index in [9.17, 15) is 19.2 Å². The summed E-state index contributed by atoms with van der Waals surface area (Å²) in [6, 6.07) is 0. The van der Waals surface area contributed by atoms with Gasteiger partial charge < -0.3 is 18.9 Å². The minimum Gasteiger partial charge on any atom is -0.461 e. The summed E-state index contributed by atoms with van der Waals surface area (Å²) in [6.45, 7) is 11.4. The van der Waals surface area contributed by atoms with Crippen molar-refractivity contribution in [2.45, 2.75) is 104 Å². The first kappa shape index (κ1) is 27.7. The quantitative estimate of drug-likeness (QED) is 0.278. The second-order valence-corrected chi connectivity index (χ2v) is 13.7. The summed E-state index contributed by atoms with van der Waals surface area (Å²) >= 11 is 0. The van der Waals surface area contributed by atoms with Gasteiger partial charge in [0.05, 0.1) is 17.1 Å². The number of ketones is 1. The van der Waals surface area contributed by atoms with Crippen molar-refractivity contribution in [3.63, 3.8) is 0 Å². The monoisotopic (exact) mass is 554 g/mol. The molecule has 2 aliphatic heterocycles. The zero-order valence-corrected chi connectivity index (χ0v) is 24.5. The lowest BCUT2D eigenvalue weighted by molar-refractivity contribution is -0.166. The number of ether oxygens (including phenoxy) is 4. The van der Waals surface area contributed by atoms with Gasteiger partial charge in [-0.15, -0.1) is 0 Å². The van der Waals surface area contributed by atoms with Crippen molar-refractivity contribution >= 4 is 23.7 Å². The van der Waals surface area contributed by atoms with Crippen LogP contribution in [0.3, 0.4) is 0 Å². The van der Waals surface area contributed by atoms with Crippen molar-refractivity contribution in [1.29, 1.82) is 0 Å². The smallest absolute Gasteiger partial charge is 0.337 e. The molecule has 4 aliphatic carbocycles. The Morgan fingerprint density at radius 2 is 1.85 bits per heavy atom. The van der Waals surface area contributed by atoms with E-state index < -0.39 is 23.1 Å². The highest BCUT2D eigenvalue weighted by Crippen LogP contribution is 2.73. The van der Waals surface area contributed by atoms with Crippen molar-refractivity contribution in [2.24, 2.45) is 40.4 Å². The van der Waals surface area contributed by atoms with E-state index in [-0.39, 0.29) is 53.8 Å². The highest BCUT2D eigenvalue weighted by Gasteiger charge is 2.81. The zero-order chi connectivity index (χ0) is 28.8. The molecule has 8 heteroatoms. The number of cyclic esters (lactones) is 1. The molecule has 0 aromatic carbocycles. The first-order valence-electron chi connectivity index (χ1n) is 14.9. The average Bonchev–Trinajstić information content (AvgIpc) is 3.51. The van der Waals surface area contributed by atoms with Crippen LogP contribution in [0.4, 0.5) is 0 Å². The molecule has 4 fully saturated rings. The molecule has 1 unspecified atom stereocenters. The van der Waals surface area contributed by atoms with Gasteiger partial charge in [0.1, 0.15) is 18.3 Å². The summed E-state index contributed by atoms with van der Waals surface area (Å²) in [4.78, 5) is 49.7. The predicted molar refractivity (Wildman–Crippen MR) is 144 cm³/mol. The molecule has 40 heavy (non-hydrogen) atoms. The molecule has 0 aromatic rings. The molecule has 218 valence electrons. The number of hydrogen-bond donors (Lipinski definition) is 0. The molecule has 3 saturated carbocycles. The van der Waals surface area contributed by atoms with Gasteiger partial charge in [-0.3, -0.25) is 14.4 Å². The molecule has 0 N–H and O–H groups in total. The molecule has 6 rings (SSSR count). The van der Waals surface area contributed by atoms with Crippen LogP contribution in [0.1, 0.15) is 80.1 Å². The second-order valence-electron chi connectivity index (χ2n) is 13.7. The van der Waals surface area contributed by atoms with Gasteiger partial charge in [-0.2, -0.15) is 0 Å². The standard InChI is InChI=1S/C32H42O8/c1-16-13-25(39-29(36)21(16)15-37-18(3)33)17(2)22-7-8-23-20-14-28-32(40-28)27(38-19(4)34)10-9-26(35)31(32,6)24(20)11-12-30(22,23)5/h9-10,17,20,22-25,27-28H,7-8,11-15H2,1-6H3/t17-,20-,22+,23-,24-,25?,27+,28+,30+,31-,32+/m0/s1. The molecule has 11 atom stereocenters. The molecular formula is C32H42O8. The number of carbonyl (C=O) groups is 4. The van der Waals surface area contributed by atoms with E-state index >= 15 is 0 Å². The third-order valence-corrected chi connectivity index (χ3v) is 12.1. The van der Waals surface area contributed by atoms with Crippen molar-refractivity contribution < 1.29 is 38.1 Å². The highest BCUT2D eigenvalue weighted by atomic mass is 16.7. The number of hydrogen-bond acceptors (Lipinski definition) is 8. The topological polar surface area (TPSA) is 108 Å². The Morgan fingerprint density at radius 3 is 2.52 bits per heavy atom. The summed E-state index contributed by atoms with van der Waals surface area (Å²) in [5, 5.41) is 0. The molecule has 2 heterocycles. The summed E-state index contributed by atoms with van der Waals surface area (Å²) in [7, 11) is 0. The third-order valence-electron chi connectivity index (χ3n) is 12.1. The predicted octanol–water partition coefficient (Wildman–Crippen LogP) is 4.49. The molecule has 8 nitrogen and oxygen atoms in total. The van der Waals surface area contributed by atoms with E-state index in [1.807, 2.05) is 6.92 Å². The summed E-state index contributed by atoms with van der Waals surface area (Å²) < 4.78 is 23.2. The van der Waals surface area contributed by atoms with Crippen LogP contribution >= 0.6 is 0 Å². The molecule has 0 amide bonds. The maximum Gasteiger partial charge on any atom is 0.337 e. The third kappa shape index (κ3) is 3.73. The minimum absolute atomic E-state index is 0.0386. The number of esters is 3. The lowest BCUT2D eigenvalue weighted by Gasteiger charge is -2.58. The maximum absolute atomic E-state index is 13.6. The number of carbonyl (C=O) groups excluding carboxylic acids is 4. The second kappa shape index (κ2) is 9.27. The zero-order valence-electron chi connectivity index (χ0n) is 24.5. The molecule has 0 radical (unpaired) electrons. The summed E-state index contributed by atoms with van der Waals surface area (Å²) in [5.41, 5.74) is 0.0214. The van der Waals surface area contributed by atoms with Gasteiger partial charge >= 0.3 is 17.9 Å². The number of rotatable bonds is 5. The Bertz CT molecular complexity index is 1220. The SMILES string of the molecule is CC(=O)OCC1=C(C)CC([C@@H](C)[C@H]2CC[C@H]3[C@@H]4C[C@H]5O[C@]56[C@H](OC(C)=O)C=CC(=O)[C@]6(C)[C@H]4CC[C@]23C)OC1=O. The van der Waals surface area contributed by atoms with Crippen LogP contribution in [0.25, 0.3) is 0 Å². The number of fused-ring (bicyclic) bond motifs is 4. The fourth-order valence-electron chi connectivity index (χ4n) is 10.1. The van der Waals surface area contributed by atoms with E-state index in [1.165, 1.54) is 13.8 Å². The van der Waals surface area contributed by atoms with E-state index in [4.69, 9.17) is 18.9 Å². The van der Waals surface area contributed by atoms with Crippen LogP contribution in [-0.2, 0) is 38.1 Å². The molecule has 1 saturated heterocycles. The van der Waals surface area contributed by atoms with Crippen molar-refractivity contribution in [2.75, 3.05) is 6.61 Å². The molecule has 0 bridgehead atoms. The Kier molecular flexibility index (Phi) is 6.41. The van der Waals surface area contributed by atoms with Gasteiger partial charge in [-0.05, 0) is 93.1 Å². The van der Waals surface area contributed by atoms with Gasteiger partial charge in [0.2, 0.25) is 0 Å². The molecule has 6 aliphatic rings. The Labute approximate surface area is 236 Å². The number of allylic oxidation sites excluding steroid dienone is 1. The van der Waals surface area contributed by atoms with Crippen molar-refractivity contribution in [1.82, 2.24) is 0 Å². The first-order chi connectivity index (χ1) is 18.8. The lowest BCUT2D eigenvalue weighted by Crippen LogP contribution is -2.64. The Balaban J connectivity index is 1.22. The fourth-order valence-corrected chi connectivity index (χ4v) is 10.1. The highest BCUT2D eigenvalue weighted by molar-refractivity contribution is 5.98. The summed E-state index contributed by atoms with van der Waals surface area (Å²) in [5.74, 6) is 0.531. The number of epoxide rings is 1. The van der Waals surface area contributed by atoms with Crippen molar-refractivity contribution in [3.8, 4) is 0 Å². The van der Waals surface area contributed by atoms with Crippen LogP contribution in [0.15, 0.2) is 23.3 Å². The van der Waals surface area contributed by atoms with Gasteiger partial charge in [-0.25, -0.2) is 4.79 Å². The van der Waals surface area contributed by atoms with Gasteiger partial charge in [-0.1, -0.05) is 19.4 Å². The van der Waals surface area contributed by atoms with Crippen LogP contribution in [0, 0.1) is 40.4 Å². The lowest BCUT2D eigenvalue weighted by atomic mass is 9.44. The Morgan fingerprint density at radius 1 is 1.10 bits per heavy atom. The molecule has 0 aromatic heterocycles. The first-order valence-corrected chi connectivity index (χ1v) is 14.9. The van der Waals surface area contributed by atoms with E-state index in [1.54, 1.807) is 12.2 Å². The fraction of sp³-hybridized carbons (Fsp3) is 0.750. The van der Waals surface area contributed by atoms with E-state index in [0.717, 1.165) is 37.7 Å². The minimum atomic E-state index is -0.741. The van der Waals surface area contributed by atoms with Crippen molar-refractivity contribution in [3.05, 3.63) is 23.3 Å². The molecule has 1 spiro atoms. The average molecular weight is 555 g/mol.